The van der Waals surface area contributed by atoms with Crippen LogP contribution >= 0.6 is 0 Å². The molecular formula is C25H36O8. The molecule has 4 rings (SSSR count). The maximum atomic E-state index is 14.0. The molecule has 4 aliphatic rings. The first-order chi connectivity index (χ1) is 15.2. The fourth-order valence-electron chi connectivity index (χ4n) is 7.01. The number of carbonyl (C=O) groups excluding carboxylic acids is 3. The Morgan fingerprint density at radius 2 is 1.67 bits per heavy atom. The van der Waals surface area contributed by atoms with Crippen LogP contribution < -0.4 is 0 Å². The summed E-state index contributed by atoms with van der Waals surface area (Å²) in [6.07, 6.45) is -0.717. The van der Waals surface area contributed by atoms with E-state index in [0.717, 1.165) is 0 Å². The summed E-state index contributed by atoms with van der Waals surface area (Å²) in [5.41, 5.74) is -2.05. The number of ketones is 1. The minimum atomic E-state index is -1.19. The molecule has 1 unspecified atom stereocenters. The minimum absolute atomic E-state index is 0.117. The summed E-state index contributed by atoms with van der Waals surface area (Å²) in [5.74, 6) is -2.13. The molecule has 0 aromatic rings. The highest BCUT2D eigenvalue weighted by atomic mass is 16.7. The molecule has 3 aliphatic carbocycles. The van der Waals surface area contributed by atoms with Gasteiger partial charge in [0.25, 0.3) is 0 Å². The number of aliphatic hydroxyl groups excluding tert-OH is 1. The summed E-state index contributed by atoms with van der Waals surface area (Å²) in [7, 11) is 1.55. The van der Waals surface area contributed by atoms with E-state index in [1.54, 1.807) is 27.0 Å². The molecule has 8 nitrogen and oxygen atoms in total. The van der Waals surface area contributed by atoms with Gasteiger partial charge < -0.3 is 24.1 Å². The van der Waals surface area contributed by atoms with E-state index in [1.807, 2.05) is 20.8 Å². The molecule has 0 spiro atoms. The lowest BCUT2D eigenvalue weighted by Gasteiger charge is -2.27. The van der Waals surface area contributed by atoms with Gasteiger partial charge in [-0.3, -0.25) is 14.4 Å². The van der Waals surface area contributed by atoms with Gasteiger partial charge in [-0.05, 0) is 36.3 Å². The molecule has 184 valence electrons. The second-order valence-corrected chi connectivity index (χ2v) is 11.1. The van der Waals surface area contributed by atoms with Crippen molar-refractivity contribution in [2.75, 3.05) is 7.11 Å². The highest BCUT2D eigenvalue weighted by Gasteiger charge is 2.83. The van der Waals surface area contributed by atoms with E-state index in [4.69, 9.17) is 18.9 Å². The molecule has 0 radical (unpaired) electrons. The molecule has 1 heterocycles. The van der Waals surface area contributed by atoms with Crippen molar-refractivity contribution in [3.8, 4) is 0 Å². The summed E-state index contributed by atoms with van der Waals surface area (Å²) in [4.78, 5) is 38.0. The van der Waals surface area contributed by atoms with Crippen LogP contribution in [0.4, 0.5) is 0 Å². The van der Waals surface area contributed by atoms with Gasteiger partial charge in [0.15, 0.2) is 17.0 Å². The lowest BCUT2D eigenvalue weighted by molar-refractivity contribution is -0.154. The topological polar surface area (TPSA) is 112 Å². The average molecular weight is 465 g/mol. The SMILES string of the molecule is COC1[C@H](O)/C(C)=C/[C@@]23O[C@@]2(C[C@H](C)[C@@H]3OC(C)=O)C(=O)[C@H](C)[C@H](OC(C)=O)[C@@H]2[C@H]1C2(C)C. The third-order valence-corrected chi connectivity index (χ3v) is 8.58. The van der Waals surface area contributed by atoms with Crippen LogP contribution in [-0.2, 0) is 33.3 Å². The Hall–Kier alpha value is -1.77. The van der Waals surface area contributed by atoms with Gasteiger partial charge in [0.1, 0.15) is 18.3 Å². The van der Waals surface area contributed by atoms with Crippen LogP contribution in [0.15, 0.2) is 11.6 Å². The smallest absolute Gasteiger partial charge is 0.303 e. The lowest BCUT2D eigenvalue weighted by atomic mass is 9.80. The van der Waals surface area contributed by atoms with E-state index in [-0.39, 0.29) is 29.0 Å². The van der Waals surface area contributed by atoms with Crippen molar-refractivity contribution in [1.29, 1.82) is 0 Å². The Labute approximate surface area is 195 Å². The second-order valence-electron chi connectivity index (χ2n) is 11.1. The molecule has 1 N–H and O–H groups in total. The van der Waals surface area contributed by atoms with Crippen LogP contribution in [0.3, 0.4) is 0 Å². The van der Waals surface area contributed by atoms with E-state index < -0.39 is 53.5 Å². The van der Waals surface area contributed by atoms with Crippen molar-refractivity contribution in [3.63, 3.8) is 0 Å². The Bertz CT molecular complexity index is 908. The number of hydrogen-bond donors (Lipinski definition) is 1. The van der Waals surface area contributed by atoms with Crippen molar-refractivity contribution in [2.45, 2.75) is 90.5 Å². The Kier molecular flexibility index (Phi) is 5.62. The third-order valence-electron chi connectivity index (χ3n) is 8.58. The van der Waals surface area contributed by atoms with Crippen LogP contribution in [-0.4, -0.2) is 65.6 Å². The summed E-state index contributed by atoms with van der Waals surface area (Å²) >= 11 is 0. The third kappa shape index (κ3) is 3.32. The molecule has 2 saturated carbocycles. The predicted octanol–water partition coefficient (Wildman–Crippen LogP) is 2.21. The molecule has 0 amide bonds. The number of Topliss-reactive ketones (excluding diaryl/α,β-unsaturated/α-hetero) is 1. The van der Waals surface area contributed by atoms with Crippen molar-refractivity contribution < 1.29 is 38.4 Å². The first kappa shape index (κ1) is 24.4. The van der Waals surface area contributed by atoms with E-state index >= 15 is 0 Å². The minimum Gasteiger partial charge on any atom is -0.461 e. The number of methoxy groups -OCH3 is 1. The van der Waals surface area contributed by atoms with Gasteiger partial charge in [0.2, 0.25) is 0 Å². The predicted molar refractivity (Wildman–Crippen MR) is 117 cm³/mol. The van der Waals surface area contributed by atoms with E-state index in [2.05, 4.69) is 0 Å². The zero-order valence-electron chi connectivity index (χ0n) is 20.7. The van der Waals surface area contributed by atoms with Gasteiger partial charge in [-0.1, -0.05) is 27.7 Å². The molecule has 0 aromatic carbocycles. The van der Waals surface area contributed by atoms with Crippen LogP contribution in [0.2, 0.25) is 0 Å². The summed E-state index contributed by atoms with van der Waals surface area (Å²) in [5, 5.41) is 11.3. The molecule has 0 bridgehead atoms. The number of aliphatic hydroxyl groups is 1. The van der Waals surface area contributed by atoms with Crippen LogP contribution in [0, 0.1) is 29.1 Å². The average Bonchev–Trinajstić information content (AvgIpc) is 3.49. The molecule has 3 fully saturated rings. The highest BCUT2D eigenvalue weighted by molar-refractivity contribution is 5.96. The highest BCUT2D eigenvalue weighted by Crippen LogP contribution is 2.68. The molecule has 0 aromatic heterocycles. The number of carbonyl (C=O) groups is 3. The number of hydrogen-bond acceptors (Lipinski definition) is 8. The monoisotopic (exact) mass is 464 g/mol. The van der Waals surface area contributed by atoms with Crippen molar-refractivity contribution >= 4 is 17.7 Å². The Morgan fingerprint density at radius 1 is 1.09 bits per heavy atom. The van der Waals surface area contributed by atoms with E-state index in [0.29, 0.717) is 12.0 Å². The first-order valence-electron chi connectivity index (χ1n) is 11.7. The van der Waals surface area contributed by atoms with Crippen LogP contribution in [0.5, 0.6) is 0 Å². The number of rotatable bonds is 3. The van der Waals surface area contributed by atoms with E-state index in [1.165, 1.54) is 13.8 Å². The summed E-state index contributed by atoms with van der Waals surface area (Å²) < 4.78 is 23.4. The summed E-state index contributed by atoms with van der Waals surface area (Å²) in [6, 6.07) is 0. The fraction of sp³-hybridized carbons (Fsp3) is 0.800. The largest absolute Gasteiger partial charge is 0.461 e. The zero-order chi connectivity index (χ0) is 24.7. The van der Waals surface area contributed by atoms with Gasteiger partial charge in [-0.15, -0.1) is 0 Å². The molecule has 1 aliphatic heterocycles. The maximum absolute atomic E-state index is 14.0. The summed E-state index contributed by atoms with van der Waals surface area (Å²) in [6.45, 7) is 12.3. The molecular weight excluding hydrogens is 428 g/mol. The fourth-order valence-corrected chi connectivity index (χ4v) is 7.01. The van der Waals surface area contributed by atoms with Crippen LogP contribution in [0.25, 0.3) is 0 Å². The number of epoxide rings is 1. The van der Waals surface area contributed by atoms with Gasteiger partial charge in [-0.25, -0.2) is 0 Å². The van der Waals surface area contributed by atoms with Gasteiger partial charge in [0, 0.05) is 32.8 Å². The van der Waals surface area contributed by atoms with Crippen molar-refractivity contribution in [3.05, 3.63) is 11.6 Å². The standard InChI is InChI=1S/C25H36O8/c1-11-9-25-22(32-15(5)27)12(2)10-24(25,33-25)21(29)13(3)19(31-14(4)26)16-17(23(16,6)7)20(30-8)18(11)28/h9,12-13,16-20,22,28H,10H2,1-8H3/b11-9+/t12-,13+,16-,17+,18+,19-,20?,22-,24-,25-/m0/s1. The lowest BCUT2D eigenvalue weighted by Crippen LogP contribution is -2.43. The van der Waals surface area contributed by atoms with E-state index in [9.17, 15) is 19.5 Å². The van der Waals surface area contributed by atoms with Crippen molar-refractivity contribution in [2.24, 2.45) is 29.1 Å². The quantitative estimate of drug-likeness (QED) is 0.384. The molecule has 33 heavy (non-hydrogen) atoms. The zero-order valence-corrected chi connectivity index (χ0v) is 20.7. The molecule has 1 saturated heterocycles. The van der Waals surface area contributed by atoms with Gasteiger partial charge in [0.05, 0.1) is 12.0 Å². The molecule has 10 atom stereocenters. The van der Waals surface area contributed by atoms with Gasteiger partial charge >= 0.3 is 11.9 Å². The Morgan fingerprint density at radius 3 is 2.21 bits per heavy atom. The second kappa shape index (κ2) is 7.62. The normalized spacial score (nSPS) is 49.4. The number of ether oxygens (including phenoxy) is 4. The number of fused-ring (bicyclic) bond motifs is 1. The first-order valence-corrected chi connectivity index (χ1v) is 11.7. The number of esters is 2. The maximum Gasteiger partial charge on any atom is 0.303 e. The van der Waals surface area contributed by atoms with Crippen LogP contribution in [0.1, 0.15) is 54.9 Å². The van der Waals surface area contributed by atoms with Gasteiger partial charge in [-0.2, -0.15) is 0 Å². The molecule has 8 heteroatoms. The van der Waals surface area contributed by atoms with Crippen molar-refractivity contribution in [1.82, 2.24) is 0 Å². The Balaban J connectivity index is 1.86.